The SMILES string of the molecule is Cc1ccc(S(=O)(=O)n2c(-c3c(C)[nH]c4ccccc34)cc3ccccc32)cc1. The molecule has 0 saturated heterocycles. The van der Waals surface area contributed by atoms with Gasteiger partial charge in [-0.2, -0.15) is 0 Å². The molecular formula is C24H20N2O2S. The molecule has 0 atom stereocenters. The molecule has 0 amide bonds. The van der Waals surface area contributed by atoms with Gasteiger partial charge in [-0.25, -0.2) is 12.4 Å². The van der Waals surface area contributed by atoms with Crippen LogP contribution in [0.5, 0.6) is 0 Å². The Bertz CT molecular complexity index is 1470. The molecule has 5 heteroatoms. The number of benzene rings is 3. The van der Waals surface area contributed by atoms with E-state index in [4.69, 9.17) is 0 Å². The van der Waals surface area contributed by atoms with Gasteiger partial charge in [0.1, 0.15) is 0 Å². The van der Waals surface area contributed by atoms with Crippen molar-refractivity contribution in [1.82, 2.24) is 8.96 Å². The van der Waals surface area contributed by atoms with E-state index in [2.05, 4.69) is 4.98 Å². The summed E-state index contributed by atoms with van der Waals surface area (Å²) in [4.78, 5) is 3.67. The molecule has 4 nitrogen and oxygen atoms in total. The van der Waals surface area contributed by atoms with Gasteiger partial charge in [0.15, 0.2) is 0 Å². The summed E-state index contributed by atoms with van der Waals surface area (Å²) < 4.78 is 29.0. The molecule has 0 radical (unpaired) electrons. The summed E-state index contributed by atoms with van der Waals surface area (Å²) in [6.45, 7) is 3.93. The maximum absolute atomic E-state index is 13.7. The first-order valence-electron chi connectivity index (χ1n) is 9.47. The summed E-state index contributed by atoms with van der Waals surface area (Å²) in [5.41, 5.74) is 5.20. The Morgan fingerprint density at radius 3 is 2.31 bits per heavy atom. The summed E-state index contributed by atoms with van der Waals surface area (Å²) >= 11 is 0. The smallest absolute Gasteiger partial charge is 0.268 e. The zero-order valence-electron chi connectivity index (χ0n) is 16.2. The van der Waals surface area contributed by atoms with Crippen molar-refractivity contribution < 1.29 is 8.42 Å². The largest absolute Gasteiger partial charge is 0.358 e. The highest BCUT2D eigenvalue weighted by atomic mass is 32.2. The molecule has 2 heterocycles. The van der Waals surface area contributed by atoms with Crippen molar-refractivity contribution in [3.05, 3.63) is 90.1 Å². The lowest BCUT2D eigenvalue weighted by atomic mass is 10.1. The molecule has 3 aromatic carbocycles. The van der Waals surface area contributed by atoms with Crippen molar-refractivity contribution in [3.8, 4) is 11.3 Å². The Balaban J connectivity index is 1.89. The van der Waals surface area contributed by atoms with Gasteiger partial charge in [0.2, 0.25) is 0 Å². The zero-order valence-corrected chi connectivity index (χ0v) is 17.0. The second-order valence-electron chi connectivity index (χ2n) is 7.34. The molecule has 0 bridgehead atoms. The van der Waals surface area contributed by atoms with Crippen LogP contribution in [0.3, 0.4) is 0 Å². The van der Waals surface area contributed by atoms with Gasteiger partial charge in [-0.15, -0.1) is 0 Å². The second-order valence-corrected chi connectivity index (χ2v) is 9.13. The van der Waals surface area contributed by atoms with E-state index in [0.29, 0.717) is 11.2 Å². The molecule has 0 aliphatic rings. The quantitative estimate of drug-likeness (QED) is 0.426. The molecule has 0 saturated carbocycles. The predicted molar refractivity (Wildman–Crippen MR) is 118 cm³/mol. The first kappa shape index (κ1) is 17.8. The minimum Gasteiger partial charge on any atom is -0.358 e. The van der Waals surface area contributed by atoms with Crippen LogP contribution in [0.15, 0.2) is 83.8 Å². The first-order valence-corrected chi connectivity index (χ1v) is 10.9. The first-order chi connectivity index (χ1) is 14.0. The average Bonchev–Trinajstić information content (AvgIpc) is 3.25. The Morgan fingerprint density at radius 1 is 0.828 bits per heavy atom. The minimum absolute atomic E-state index is 0.281. The van der Waals surface area contributed by atoms with Crippen LogP contribution in [0, 0.1) is 13.8 Å². The monoisotopic (exact) mass is 400 g/mol. The third-order valence-electron chi connectivity index (χ3n) is 5.38. The van der Waals surface area contributed by atoms with E-state index in [1.165, 1.54) is 3.97 Å². The lowest BCUT2D eigenvalue weighted by Gasteiger charge is -2.13. The van der Waals surface area contributed by atoms with Gasteiger partial charge in [0.25, 0.3) is 10.0 Å². The second kappa shape index (κ2) is 6.36. The van der Waals surface area contributed by atoms with Crippen LogP contribution < -0.4 is 0 Å². The fourth-order valence-electron chi connectivity index (χ4n) is 3.99. The third kappa shape index (κ3) is 2.69. The van der Waals surface area contributed by atoms with Crippen LogP contribution in [0.1, 0.15) is 11.3 Å². The highest BCUT2D eigenvalue weighted by Crippen LogP contribution is 2.37. The minimum atomic E-state index is -3.78. The third-order valence-corrected chi connectivity index (χ3v) is 7.12. The van der Waals surface area contributed by atoms with Crippen LogP contribution in [0.4, 0.5) is 0 Å². The highest BCUT2D eigenvalue weighted by Gasteiger charge is 2.26. The number of hydrogen-bond acceptors (Lipinski definition) is 2. The van der Waals surface area contributed by atoms with Gasteiger partial charge < -0.3 is 4.98 Å². The van der Waals surface area contributed by atoms with E-state index in [-0.39, 0.29) is 4.90 Å². The summed E-state index contributed by atoms with van der Waals surface area (Å²) in [5.74, 6) is 0. The van der Waals surface area contributed by atoms with Crippen molar-refractivity contribution in [2.45, 2.75) is 18.7 Å². The lowest BCUT2D eigenvalue weighted by molar-refractivity contribution is 0.589. The van der Waals surface area contributed by atoms with Gasteiger partial charge >= 0.3 is 0 Å². The number of fused-ring (bicyclic) bond motifs is 2. The number of nitrogens with zero attached hydrogens (tertiary/aromatic N) is 1. The topological polar surface area (TPSA) is 54.9 Å². The van der Waals surface area contributed by atoms with Gasteiger partial charge in [-0.05, 0) is 44.2 Å². The number of para-hydroxylation sites is 2. The molecular weight excluding hydrogens is 380 g/mol. The van der Waals surface area contributed by atoms with Gasteiger partial charge in [-0.3, -0.25) is 0 Å². The van der Waals surface area contributed by atoms with Crippen LogP contribution >= 0.6 is 0 Å². The Hall–Kier alpha value is -3.31. The zero-order chi connectivity index (χ0) is 20.2. The van der Waals surface area contributed by atoms with Crippen molar-refractivity contribution in [3.63, 3.8) is 0 Å². The van der Waals surface area contributed by atoms with Crippen LogP contribution in [0.2, 0.25) is 0 Å². The van der Waals surface area contributed by atoms with Gasteiger partial charge in [0.05, 0.1) is 16.1 Å². The van der Waals surface area contributed by atoms with Crippen LogP contribution in [-0.4, -0.2) is 17.4 Å². The number of nitrogens with one attached hydrogen (secondary N) is 1. The van der Waals surface area contributed by atoms with Crippen molar-refractivity contribution >= 4 is 31.8 Å². The molecule has 5 rings (SSSR count). The van der Waals surface area contributed by atoms with E-state index in [1.54, 1.807) is 12.1 Å². The summed E-state index contributed by atoms with van der Waals surface area (Å²) in [6, 6.07) is 24.5. The van der Waals surface area contributed by atoms with E-state index < -0.39 is 10.0 Å². The highest BCUT2D eigenvalue weighted by molar-refractivity contribution is 7.90. The predicted octanol–water partition coefficient (Wildman–Crippen LogP) is 5.64. The number of rotatable bonds is 3. The van der Waals surface area contributed by atoms with Crippen LogP contribution in [0.25, 0.3) is 33.1 Å². The molecule has 0 aliphatic carbocycles. The Kier molecular flexibility index (Phi) is 3.89. The maximum atomic E-state index is 13.7. The Labute approximate surface area is 169 Å². The normalized spacial score (nSPS) is 12.1. The Morgan fingerprint density at radius 2 is 1.52 bits per heavy atom. The average molecular weight is 401 g/mol. The fourth-order valence-corrected chi connectivity index (χ4v) is 5.50. The molecule has 0 aliphatic heterocycles. The summed E-state index contributed by atoms with van der Waals surface area (Å²) in [7, 11) is -3.78. The number of aryl methyl sites for hydroxylation is 2. The molecule has 5 aromatic rings. The van der Waals surface area contributed by atoms with E-state index in [1.807, 2.05) is 80.6 Å². The number of hydrogen-bond donors (Lipinski definition) is 1. The molecule has 144 valence electrons. The van der Waals surface area contributed by atoms with E-state index in [0.717, 1.165) is 33.1 Å². The lowest BCUT2D eigenvalue weighted by Crippen LogP contribution is -2.14. The molecule has 0 unspecified atom stereocenters. The van der Waals surface area contributed by atoms with Crippen molar-refractivity contribution in [2.24, 2.45) is 0 Å². The molecule has 0 spiro atoms. The number of H-pyrrole nitrogens is 1. The van der Waals surface area contributed by atoms with Gasteiger partial charge in [0, 0.05) is 27.5 Å². The number of aromatic amines is 1. The summed E-state index contributed by atoms with van der Waals surface area (Å²) in [5, 5.41) is 1.90. The van der Waals surface area contributed by atoms with E-state index >= 15 is 0 Å². The van der Waals surface area contributed by atoms with Crippen molar-refractivity contribution in [2.75, 3.05) is 0 Å². The molecule has 1 N–H and O–H groups in total. The molecule has 2 aromatic heterocycles. The summed E-state index contributed by atoms with van der Waals surface area (Å²) in [6.07, 6.45) is 0. The molecule has 0 fully saturated rings. The molecule has 29 heavy (non-hydrogen) atoms. The fraction of sp³-hybridized carbons (Fsp3) is 0.0833. The van der Waals surface area contributed by atoms with E-state index in [9.17, 15) is 8.42 Å². The van der Waals surface area contributed by atoms with Crippen LogP contribution in [-0.2, 0) is 10.0 Å². The maximum Gasteiger partial charge on any atom is 0.268 e. The van der Waals surface area contributed by atoms with Gasteiger partial charge in [-0.1, -0.05) is 54.1 Å². The standard InChI is InChI=1S/C24H20N2O2S/c1-16-11-13-19(14-12-16)29(27,28)26-22-10-6-3-7-18(22)15-23(26)24-17(2)25-21-9-5-4-8-20(21)24/h3-15,25H,1-2H3. The number of aromatic nitrogens is 2. The van der Waals surface area contributed by atoms with Crippen molar-refractivity contribution in [1.29, 1.82) is 0 Å².